The zero-order valence-electron chi connectivity index (χ0n) is 15.8. The van der Waals surface area contributed by atoms with Crippen molar-refractivity contribution in [3.8, 4) is 11.4 Å². The maximum Gasteiger partial charge on any atom is 0.251 e. The van der Waals surface area contributed by atoms with Crippen molar-refractivity contribution in [1.29, 1.82) is 0 Å². The van der Waals surface area contributed by atoms with Crippen LogP contribution in [0.1, 0.15) is 36.1 Å². The molecule has 4 rings (SSSR count). The van der Waals surface area contributed by atoms with Crippen LogP contribution in [-0.2, 0) is 6.42 Å². The quantitative estimate of drug-likeness (QED) is 0.540. The lowest BCUT2D eigenvalue weighted by Gasteiger charge is -2.04. The summed E-state index contributed by atoms with van der Waals surface area (Å²) in [6.07, 6.45) is 0.640. The van der Waals surface area contributed by atoms with Crippen LogP contribution in [-0.4, -0.2) is 42.6 Å². The number of aromatic nitrogens is 6. The van der Waals surface area contributed by atoms with Gasteiger partial charge in [-0.05, 0) is 43.3 Å². The number of hydrogen-bond acceptors (Lipinski definition) is 5. The number of rotatable bonds is 6. The van der Waals surface area contributed by atoms with Gasteiger partial charge in [0.1, 0.15) is 5.82 Å². The SMILES string of the molecule is CC(C)n1nnc(-c2ccc(C(=O)NCCc3nc4ccccc4[nH]3)cc2)n1. The van der Waals surface area contributed by atoms with Crippen molar-refractivity contribution in [3.63, 3.8) is 0 Å². The van der Waals surface area contributed by atoms with E-state index in [0.717, 1.165) is 22.4 Å². The van der Waals surface area contributed by atoms with Gasteiger partial charge in [-0.15, -0.1) is 10.2 Å². The molecule has 2 N–H and O–H groups in total. The van der Waals surface area contributed by atoms with Crippen LogP contribution in [0.2, 0.25) is 0 Å². The Morgan fingerprint density at radius 1 is 1.14 bits per heavy atom. The molecule has 2 aromatic heterocycles. The fourth-order valence-corrected chi connectivity index (χ4v) is 2.85. The molecule has 0 spiro atoms. The maximum atomic E-state index is 12.4. The van der Waals surface area contributed by atoms with E-state index in [1.807, 2.05) is 50.2 Å². The zero-order chi connectivity index (χ0) is 19.5. The molecule has 142 valence electrons. The topological polar surface area (TPSA) is 101 Å². The highest BCUT2D eigenvalue weighted by molar-refractivity contribution is 5.94. The van der Waals surface area contributed by atoms with Crippen molar-refractivity contribution in [2.24, 2.45) is 0 Å². The van der Waals surface area contributed by atoms with Crippen molar-refractivity contribution in [3.05, 3.63) is 59.9 Å². The first-order valence-electron chi connectivity index (χ1n) is 9.22. The predicted molar refractivity (Wildman–Crippen MR) is 106 cm³/mol. The second-order valence-electron chi connectivity index (χ2n) is 6.81. The van der Waals surface area contributed by atoms with Crippen molar-refractivity contribution in [1.82, 2.24) is 35.5 Å². The average molecular weight is 375 g/mol. The second-order valence-corrected chi connectivity index (χ2v) is 6.81. The van der Waals surface area contributed by atoms with E-state index in [1.54, 1.807) is 16.9 Å². The molecular weight excluding hydrogens is 354 g/mol. The normalized spacial score (nSPS) is 11.2. The van der Waals surface area contributed by atoms with Crippen LogP contribution in [0.3, 0.4) is 0 Å². The van der Waals surface area contributed by atoms with E-state index in [9.17, 15) is 4.79 Å². The number of nitrogens with zero attached hydrogens (tertiary/aromatic N) is 5. The van der Waals surface area contributed by atoms with E-state index in [4.69, 9.17) is 0 Å². The van der Waals surface area contributed by atoms with Crippen molar-refractivity contribution in [2.75, 3.05) is 6.54 Å². The number of aromatic amines is 1. The van der Waals surface area contributed by atoms with Gasteiger partial charge < -0.3 is 10.3 Å². The third-order valence-corrected chi connectivity index (χ3v) is 4.38. The summed E-state index contributed by atoms with van der Waals surface area (Å²) in [5.41, 5.74) is 3.35. The van der Waals surface area contributed by atoms with Gasteiger partial charge in [0.2, 0.25) is 5.82 Å². The molecular formula is C20H21N7O. The standard InChI is InChI=1S/C20H21N7O/c1-13(2)27-25-19(24-26-27)14-7-9-15(10-8-14)20(28)21-12-11-18-22-16-5-3-4-6-17(16)23-18/h3-10,13H,11-12H2,1-2H3,(H,21,28)(H,22,23). The highest BCUT2D eigenvalue weighted by Gasteiger charge is 2.10. The number of amides is 1. The summed E-state index contributed by atoms with van der Waals surface area (Å²) in [6, 6.07) is 15.2. The summed E-state index contributed by atoms with van der Waals surface area (Å²) in [5.74, 6) is 1.28. The number of para-hydroxylation sites is 2. The molecule has 0 radical (unpaired) electrons. The monoisotopic (exact) mass is 375 g/mol. The largest absolute Gasteiger partial charge is 0.352 e. The average Bonchev–Trinajstić information content (AvgIpc) is 3.35. The Labute approximate surface area is 162 Å². The Kier molecular flexibility index (Phi) is 4.84. The number of nitrogens with one attached hydrogen (secondary N) is 2. The van der Waals surface area contributed by atoms with Gasteiger partial charge in [-0.2, -0.15) is 4.80 Å². The van der Waals surface area contributed by atoms with Gasteiger partial charge in [-0.3, -0.25) is 4.79 Å². The molecule has 0 bridgehead atoms. The van der Waals surface area contributed by atoms with E-state index in [2.05, 4.69) is 30.7 Å². The summed E-state index contributed by atoms with van der Waals surface area (Å²) in [6.45, 7) is 4.49. The van der Waals surface area contributed by atoms with Gasteiger partial charge in [-0.1, -0.05) is 24.3 Å². The molecule has 28 heavy (non-hydrogen) atoms. The van der Waals surface area contributed by atoms with Crippen LogP contribution >= 0.6 is 0 Å². The number of fused-ring (bicyclic) bond motifs is 1. The number of hydrogen-bond donors (Lipinski definition) is 2. The number of carbonyl (C=O) groups is 1. The number of imidazole rings is 1. The molecule has 1 amide bonds. The van der Waals surface area contributed by atoms with E-state index in [1.165, 1.54) is 0 Å². The van der Waals surface area contributed by atoms with Gasteiger partial charge >= 0.3 is 0 Å². The fourth-order valence-electron chi connectivity index (χ4n) is 2.85. The molecule has 0 aliphatic rings. The summed E-state index contributed by atoms with van der Waals surface area (Å²) in [4.78, 5) is 21.7. The molecule has 0 atom stereocenters. The predicted octanol–water partition coefficient (Wildman–Crippen LogP) is 2.77. The highest BCUT2D eigenvalue weighted by Crippen LogP contribution is 2.15. The van der Waals surface area contributed by atoms with Crippen LogP contribution in [0.25, 0.3) is 22.4 Å². The summed E-state index contributed by atoms with van der Waals surface area (Å²) in [7, 11) is 0. The van der Waals surface area contributed by atoms with Gasteiger partial charge in [0, 0.05) is 24.1 Å². The molecule has 0 aliphatic carbocycles. The van der Waals surface area contributed by atoms with E-state index < -0.39 is 0 Å². The van der Waals surface area contributed by atoms with Crippen LogP contribution in [0.15, 0.2) is 48.5 Å². The smallest absolute Gasteiger partial charge is 0.251 e. The number of H-pyrrole nitrogens is 1. The second kappa shape index (κ2) is 7.59. The minimum absolute atomic E-state index is 0.124. The molecule has 2 aromatic carbocycles. The van der Waals surface area contributed by atoms with Gasteiger partial charge in [-0.25, -0.2) is 4.98 Å². The van der Waals surface area contributed by atoms with Crippen LogP contribution in [0.5, 0.6) is 0 Å². The Bertz CT molecular complexity index is 1060. The van der Waals surface area contributed by atoms with Crippen molar-refractivity contribution in [2.45, 2.75) is 26.3 Å². The first-order valence-corrected chi connectivity index (χ1v) is 9.22. The minimum Gasteiger partial charge on any atom is -0.352 e. The molecule has 0 saturated heterocycles. The van der Waals surface area contributed by atoms with E-state index >= 15 is 0 Å². The maximum absolute atomic E-state index is 12.4. The lowest BCUT2D eigenvalue weighted by atomic mass is 10.1. The molecule has 0 fully saturated rings. The lowest BCUT2D eigenvalue weighted by molar-refractivity contribution is 0.0954. The lowest BCUT2D eigenvalue weighted by Crippen LogP contribution is -2.25. The van der Waals surface area contributed by atoms with E-state index in [0.29, 0.717) is 24.4 Å². The molecule has 4 aromatic rings. The van der Waals surface area contributed by atoms with Crippen molar-refractivity contribution >= 4 is 16.9 Å². The molecule has 0 unspecified atom stereocenters. The first kappa shape index (κ1) is 17.8. The molecule has 0 aliphatic heterocycles. The number of carbonyl (C=O) groups excluding carboxylic acids is 1. The third kappa shape index (κ3) is 3.75. The van der Waals surface area contributed by atoms with Gasteiger partial charge in [0.05, 0.1) is 17.1 Å². The number of benzene rings is 2. The summed E-state index contributed by atoms with van der Waals surface area (Å²) < 4.78 is 0. The third-order valence-electron chi connectivity index (χ3n) is 4.38. The summed E-state index contributed by atoms with van der Waals surface area (Å²) in [5, 5.41) is 15.3. The first-order chi connectivity index (χ1) is 13.6. The molecule has 0 saturated carbocycles. The highest BCUT2D eigenvalue weighted by atomic mass is 16.1. The number of tetrazole rings is 1. The zero-order valence-corrected chi connectivity index (χ0v) is 15.8. The Hall–Kier alpha value is -3.55. The van der Waals surface area contributed by atoms with Crippen molar-refractivity contribution < 1.29 is 4.79 Å². The van der Waals surface area contributed by atoms with E-state index in [-0.39, 0.29) is 11.9 Å². The molecule has 8 nitrogen and oxygen atoms in total. The molecule has 8 heteroatoms. The van der Waals surface area contributed by atoms with Gasteiger partial charge in [0.15, 0.2) is 0 Å². The molecule has 2 heterocycles. The summed E-state index contributed by atoms with van der Waals surface area (Å²) >= 11 is 0. The fraction of sp³-hybridized carbons (Fsp3) is 0.250. The minimum atomic E-state index is -0.124. The van der Waals surface area contributed by atoms with Crippen LogP contribution in [0.4, 0.5) is 0 Å². The Balaban J connectivity index is 1.35. The van der Waals surface area contributed by atoms with Crippen LogP contribution in [0, 0.1) is 0 Å². The Morgan fingerprint density at radius 3 is 2.64 bits per heavy atom. The van der Waals surface area contributed by atoms with Crippen LogP contribution < -0.4 is 5.32 Å². The van der Waals surface area contributed by atoms with Gasteiger partial charge in [0.25, 0.3) is 5.91 Å². The Morgan fingerprint density at radius 2 is 1.93 bits per heavy atom.